The molecule has 5 heteroatoms. The number of amides is 1. The van der Waals surface area contributed by atoms with Gasteiger partial charge in [-0.15, -0.1) is 0 Å². The number of halogens is 2. The molecule has 0 aliphatic carbocycles. The van der Waals surface area contributed by atoms with E-state index in [0.717, 1.165) is 25.9 Å². The molecule has 0 unspecified atom stereocenters. The van der Waals surface area contributed by atoms with Gasteiger partial charge >= 0.3 is 0 Å². The Hall–Kier alpha value is -1.13. The molecule has 0 spiro atoms. The van der Waals surface area contributed by atoms with E-state index in [2.05, 4.69) is 10.6 Å². The highest BCUT2D eigenvalue weighted by Crippen LogP contribution is 2.19. The second kappa shape index (κ2) is 6.16. The summed E-state index contributed by atoms with van der Waals surface area (Å²) in [6.07, 6.45) is 2.00. The van der Waals surface area contributed by atoms with Gasteiger partial charge in [-0.05, 0) is 31.5 Å². The van der Waals surface area contributed by atoms with Crippen molar-refractivity contribution in [2.45, 2.75) is 25.3 Å². The summed E-state index contributed by atoms with van der Waals surface area (Å²) in [5.74, 6) is -0.616. The molecule has 1 heterocycles. The number of piperidine rings is 1. The summed E-state index contributed by atoms with van der Waals surface area (Å²) in [7, 11) is 0. The SMILES string of the molecule is O=C(Cc1c(F)cccc1Cl)N[C@H]1CCCNC1. The van der Waals surface area contributed by atoms with Gasteiger partial charge in [0.05, 0.1) is 6.42 Å². The van der Waals surface area contributed by atoms with Gasteiger partial charge in [0, 0.05) is 23.2 Å². The second-order valence-electron chi connectivity index (χ2n) is 4.49. The lowest BCUT2D eigenvalue weighted by atomic mass is 10.1. The fourth-order valence-electron chi connectivity index (χ4n) is 2.12. The Morgan fingerprint density at radius 1 is 1.56 bits per heavy atom. The van der Waals surface area contributed by atoms with Crippen molar-refractivity contribution in [2.75, 3.05) is 13.1 Å². The molecule has 1 aromatic carbocycles. The average Bonchev–Trinajstić information content (AvgIpc) is 2.35. The van der Waals surface area contributed by atoms with Crippen molar-refractivity contribution in [3.8, 4) is 0 Å². The first kappa shape index (κ1) is 13.3. The molecule has 2 rings (SSSR count). The maximum absolute atomic E-state index is 13.5. The first-order valence-corrected chi connectivity index (χ1v) is 6.47. The molecule has 1 aliphatic heterocycles. The van der Waals surface area contributed by atoms with Crippen molar-refractivity contribution < 1.29 is 9.18 Å². The van der Waals surface area contributed by atoms with Crippen LogP contribution in [-0.4, -0.2) is 25.0 Å². The third kappa shape index (κ3) is 3.43. The summed E-state index contributed by atoms with van der Waals surface area (Å²) < 4.78 is 13.5. The summed E-state index contributed by atoms with van der Waals surface area (Å²) in [5.41, 5.74) is 0.264. The lowest BCUT2D eigenvalue weighted by molar-refractivity contribution is -0.121. The number of hydrogen-bond donors (Lipinski definition) is 2. The topological polar surface area (TPSA) is 41.1 Å². The summed E-state index contributed by atoms with van der Waals surface area (Å²) in [5, 5.41) is 6.41. The molecule has 1 aliphatic rings. The summed E-state index contributed by atoms with van der Waals surface area (Å²) in [6, 6.07) is 4.58. The van der Waals surface area contributed by atoms with Gasteiger partial charge < -0.3 is 10.6 Å². The Morgan fingerprint density at radius 2 is 2.39 bits per heavy atom. The molecule has 3 nitrogen and oxygen atoms in total. The first-order chi connectivity index (χ1) is 8.66. The van der Waals surface area contributed by atoms with Crippen molar-refractivity contribution in [3.05, 3.63) is 34.6 Å². The number of carbonyl (C=O) groups excluding carboxylic acids is 1. The van der Waals surface area contributed by atoms with Crippen LogP contribution in [0.3, 0.4) is 0 Å². The molecular formula is C13H16ClFN2O. The van der Waals surface area contributed by atoms with Crippen molar-refractivity contribution in [3.63, 3.8) is 0 Å². The van der Waals surface area contributed by atoms with Gasteiger partial charge in [-0.2, -0.15) is 0 Å². The lowest BCUT2D eigenvalue weighted by Gasteiger charge is -2.23. The molecule has 1 amide bonds. The second-order valence-corrected chi connectivity index (χ2v) is 4.89. The van der Waals surface area contributed by atoms with Crippen LogP contribution in [-0.2, 0) is 11.2 Å². The van der Waals surface area contributed by atoms with Crippen LogP contribution in [0.2, 0.25) is 5.02 Å². The minimum Gasteiger partial charge on any atom is -0.352 e. The van der Waals surface area contributed by atoms with Gasteiger partial charge in [0.15, 0.2) is 0 Å². The van der Waals surface area contributed by atoms with E-state index in [-0.39, 0.29) is 23.9 Å². The maximum atomic E-state index is 13.5. The van der Waals surface area contributed by atoms with E-state index in [4.69, 9.17) is 11.6 Å². The zero-order valence-electron chi connectivity index (χ0n) is 10.0. The number of carbonyl (C=O) groups is 1. The van der Waals surface area contributed by atoms with Crippen LogP contribution < -0.4 is 10.6 Å². The highest BCUT2D eigenvalue weighted by atomic mass is 35.5. The molecule has 0 radical (unpaired) electrons. The van der Waals surface area contributed by atoms with Gasteiger partial charge in [-0.3, -0.25) is 4.79 Å². The molecule has 0 saturated carbocycles. The van der Waals surface area contributed by atoms with E-state index in [0.29, 0.717) is 5.02 Å². The van der Waals surface area contributed by atoms with Crippen molar-refractivity contribution >= 4 is 17.5 Å². The Labute approximate surface area is 111 Å². The Bertz CT molecular complexity index is 413. The van der Waals surface area contributed by atoms with Gasteiger partial charge in [0.2, 0.25) is 5.91 Å². The molecule has 98 valence electrons. The normalized spacial score (nSPS) is 19.6. The third-order valence-corrected chi connectivity index (χ3v) is 3.42. The number of nitrogens with one attached hydrogen (secondary N) is 2. The molecule has 1 saturated heterocycles. The summed E-state index contributed by atoms with van der Waals surface area (Å²) in [4.78, 5) is 11.8. The highest BCUT2D eigenvalue weighted by Gasteiger charge is 2.17. The van der Waals surface area contributed by atoms with Crippen LogP contribution in [0.5, 0.6) is 0 Å². The first-order valence-electron chi connectivity index (χ1n) is 6.10. The van der Waals surface area contributed by atoms with Crippen LogP contribution in [0.15, 0.2) is 18.2 Å². The molecule has 1 atom stereocenters. The molecule has 1 fully saturated rings. The molecule has 2 N–H and O–H groups in total. The van der Waals surface area contributed by atoms with Gasteiger partial charge in [-0.1, -0.05) is 17.7 Å². The summed E-state index contributed by atoms with van der Waals surface area (Å²) >= 11 is 5.88. The number of hydrogen-bond acceptors (Lipinski definition) is 2. The monoisotopic (exact) mass is 270 g/mol. The largest absolute Gasteiger partial charge is 0.352 e. The summed E-state index contributed by atoms with van der Waals surface area (Å²) in [6.45, 7) is 1.77. The Morgan fingerprint density at radius 3 is 3.06 bits per heavy atom. The van der Waals surface area contributed by atoms with E-state index in [1.165, 1.54) is 12.1 Å². The van der Waals surface area contributed by atoms with Gasteiger partial charge in [0.25, 0.3) is 0 Å². The van der Waals surface area contributed by atoms with E-state index < -0.39 is 5.82 Å². The Balaban J connectivity index is 1.94. The van der Waals surface area contributed by atoms with E-state index >= 15 is 0 Å². The standard InChI is InChI=1S/C13H16ClFN2O/c14-11-4-1-5-12(15)10(11)7-13(18)17-9-3-2-6-16-8-9/h1,4-5,9,16H,2-3,6-8H2,(H,17,18)/t9-/m0/s1. The minimum absolute atomic E-state index is 0.0119. The molecule has 0 bridgehead atoms. The number of benzene rings is 1. The van der Waals surface area contributed by atoms with Crippen LogP contribution in [0.25, 0.3) is 0 Å². The van der Waals surface area contributed by atoms with E-state index in [1.54, 1.807) is 6.07 Å². The fraction of sp³-hybridized carbons (Fsp3) is 0.462. The van der Waals surface area contributed by atoms with Crippen molar-refractivity contribution in [1.29, 1.82) is 0 Å². The van der Waals surface area contributed by atoms with Gasteiger partial charge in [0.1, 0.15) is 5.82 Å². The lowest BCUT2D eigenvalue weighted by Crippen LogP contribution is -2.46. The molecule has 18 heavy (non-hydrogen) atoms. The van der Waals surface area contributed by atoms with Crippen LogP contribution >= 0.6 is 11.6 Å². The number of rotatable bonds is 3. The minimum atomic E-state index is -0.431. The van der Waals surface area contributed by atoms with Crippen LogP contribution in [0.1, 0.15) is 18.4 Å². The molecule has 0 aromatic heterocycles. The van der Waals surface area contributed by atoms with Crippen LogP contribution in [0.4, 0.5) is 4.39 Å². The van der Waals surface area contributed by atoms with Crippen molar-refractivity contribution in [1.82, 2.24) is 10.6 Å². The average molecular weight is 271 g/mol. The Kier molecular flexibility index (Phi) is 4.55. The van der Waals surface area contributed by atoms with E-state index in [1.807, 2.05) is 0 Å². The predicted octanol–water partition coefficient (Wildman–Crippen LogP) is 1.89. The zero-order valence-corrected chi connectivity index (χ0v) is 10.8. The van der Waals surface area contributed by atoms with Crippen LogP contribution in [0, 0.1) is 5.82 Å². The van der Waals surface area contributed by atoms with Crippen molar-refractivity contribution in [2.24, 2.45) is 0 Å². The zero-order chi connectivity index (χ0) is 13.0. The quantitative estimate of drug-likeness (QED) is 0.881. The van der Waals surface area contributed by atoms with E-state index in [9.17, 15) is 9.18 Å². The molecule has 1 aromatic rings. The smallest absolute Gasteiger partial charge is 0.224 e. The maximum Gasteiger partial charge on any atom is 0.224 e. The molecular weight excluding hydrogens is 255 g/mol. The van der Waals surface area contributed by atoms with Gasteiger partial charge in [-0.25, -0.2) is 4.39 Å². The predicted molar refractivity (Wildman–Crippen MR) is 69.1 cm³/mol. The highest BCUT2D eigenvalue weighted by molar-refractivity contribution is 6.31. The third-order valence-electron chi connectivity index (χ3n) is 3.06. The fourth-order valence-corrected chi connectivity index (χ4v) is 2.35.